The maximum Gasteiger partial charge on any atom is 0.334 e. The first-order valence-corrected chi connectivity index (χ1v) is 3.29. The molecule has 0 rings (SSSR count). The van der Waals surface area contributed by atoms with Crippen molar-refractivity contribution in [1.82, 2.24) is 0 Å². The molecule has 0 aliphatic rings. The molecule has 0 aliphatic carbocycles. The number of aliphatic hydroxyl groups excluding tert-OH is 2. The molecular formula is C6H13NO4. The lowest BCUT2D eigenvalue weighted by molar-refractivity contribution is -0.148. The summed E-state index contributed by atoms with van der Waals surface area (Å²) in [7, 11) is 0. The van der Waals surface area contributed by atoms with Gasteiger partial charge in [0.05, 0.1) is 6.10 Å². The van der Waals surface area contributed by atoms with E-state index in [1.54, 1.807) is 0 Å². The largest absolute Gasteiger partial charge is 0.479 e. The lowest BCUT2D eigenvalue weighted by Crippen LogP contribution is -2.42. The number of rotatable bonds is 4. The van der Waals surface area contributed by atoms with Gasteiger partial charge < -0.3 is 21.1 Å². The normalized spacial score (nSPS) is 18.9. The van der Waals surface area contributed by atoms with Gasteiger partial charge in [0.2, 0.25) is 0 Å². The van der Waals surface area contributed by atoms with Crippen LogP contribution in [-0.4, -0.2) is 39.5 Å². The van der Waals surface area contributed by atoms with Crippen LogP contribution in [0.15, 0.2) is 0 Å². The second-order valence-corrected chi connectivity index (χ2v) is 2.53. The molecular weight excluding hydrogens is 150 g/mol. The summed E-state index contributed by atoms with van der Waals surface area (Å²) in [5.41, 5.74) is 5.23. The quantitative estimate of drug-likeness (QED) is 0.405. The second kappa shape index (κ2) is 4.27. The van der Waals surface area contributed by atoms with Crippen molar-refractivity contribution in [3.63, 3.8) is 0 Å². The van der Waals surface area contributed by atoms with Crippen molar-refractivity contribution in [2.45, 2.75) is 31.6 Å². The molecule has 0 radical (unpaired) electrons. The van der Waals surface area contributed by atoms with Crippen molar-refractivity contribution in [2.75, 3.05) is 0 Å². The zero-order valence-electron chi connectivity index (χ0n) is 6.27. The molecule has 0 aromatic carbocycles. The zero-order valence-corrected chi connectivity index (χ0v) is 6.27. The molecule has 5 nitrogen and oxygen atoms in total. The summed E-state index contributed by atoms with van der Waals surface area (Å²) in [6.07, 6.45) is -2.21. The predicted molar refractivity (Wildman–Crippen MR) is 37.9 cm³/mol. The van der Waals surface area contributed by atoms with Gasteiger partial charge in [-0.05, 0) is 13.3 Å². The van der Waals surface area contributed by atoms with Crippen LogP contribution < -0.4 is 5.73 Å². The van der Waals surface area contributed by atoms with Gasteiger partial charge in [-0.1, -0.05) is 0 Å². The monoisotopic (exact) mass is 163 g/mol. The molecule has 3 atom stereocenters. The highest BCUT2D eigenvalue weighted by Crippen LogP contribution is 2.00. The van der Waals surface area contributed by atoms with Crippen molar-refractivity contribution < 1.29 is 20.1 Å². The number of nitrogens with two attached hydrogens (primary N) is 1. The Kier molecular flexibility index (Phi) is 4.02. The Morgan fingerprint density at radius 2 is 2.00 bits per heavy atom. The third-order valence-corrected chi connectivity index (χ3v) is 1.27. The summed E-state index contributed by atoms with van der Waals surface area (Å²) in [4.78, 5) is 10.1. The molecule has 0 aromatic heterocycles. The summed E-state index contributed by atoms with van der Waals surface area (Å²) in [6, 6.07) is -0.910. The summed E-state index contributed by atoms with van der Waals surface area (Å²) in [6.45, 7) is 1.48. The third kappa shape index (κ3) is 3.92. The minimum Gasteiger partial charge on any atom is -0.479 e. The summed E-state index contributed by atoms with van der Waals surface area (Å²) < 4.78 is 0. The molecule has 0 saturated carbocycles. The number of hydrogen-bond acceptors (Lipinski definition) is 4. The van der Waals surface area contributed by atoms with E-state index in [9.17, 15) is 4.79 Å². The average Bonchev–Trinajstić information content (AvgIpc) is 1.84. The zero-order chi connectivity index (χ0) is 9.02. The van der Waals surface area contributed by atoms with Crippen molar-refractivity contribution in [3.05, 3.63) is 0 Å². The lowest BCUT2D eigenvalue weighted by Gasteiger charge is -2.15. The summed E-state index contributed by atoms with van der Waals surface area (Å²) in [5, 5.41) is 25.8. The van der Waals surface area contributed by atoms with E-state index in [0.29, 0.717) is 0 Å². The van der Waals surface area contributed by atoms with E-state index in [0.717, 1.165) is 0 Å². The molecule has 5 N–H and O–H groups in total. The van der Waals surface area contributed by atoms with Gasteiger partial charge in [0, 0.05) is 6.04 Å². The number of carbonyl (C=O) groups is 1. The van der Waals surface area contributed by atoms with Crippen LogP contribution in [0.25, 0.3) is 0 Å². The smallest absolute Gasteiger partial charge is 0.334 e. The number of aliphatic carboxylic acids is 1. The molecule has 0 amide bonds. The first-order valence-electron chi connectivity index (χ1n) is 3.29. The van der Waals surface area contributed by atoms with Crippen LogP contribution in [0.1, 0.15) is 13.3 Å². The fourth-order valence-electron chi connectivity index (χ4n) is 0.706. The highest BCUT2D eigenvalue weighted by molar-refractivity contribution is 5.72. The van der Waals surface area contributed by atoms with E-state index in [2.05, 4.69) is 0 Å². The van der Waals surface area contributed by atoms with Crippen LogP contribution in [0, 0.1) is 0 Å². The molecule has 66 valence electrons. The maximum atomic E-state index is 10.1. The van der Waals surface area contributed by atoms with E-state index in [1.807, 2.05) is 0 Å². The van der Waals surface area contributed by atoms with Gasteiger partial charge in [0.15, 0.2) is 6.10 Å². The molecule has 0 heterocycles. The van der Waals surface area contributed by atoms with Crippen LogP contribution in [0.4, 0.5) is 0 Å². The Bertz CT molecular complexity index is 137. The Hall–Kier alpha value is -0.650. The number of aliphatic hydroxyl groups is 2. The predicted octanol–water partition coefficient (Wildman–Crippen LogP) is -1.47. The molecule has 0 bridgehead atoms. The van der Waals surface area contributed by atoms with Gasteiger partial charge in [-0.25, -0.2) is 4.79 Å². The van der Waals surface area contributed by atoms with Crippen LogP contribution in [0.2, 0.25) is 0 Å². The maximum absolute atomic E-state index is 10.1. The Labute approximate surface area is 64.4 Å². The molecule has 3 unspecified atom stereocenters. The fourth-order valence-corrected chi connectivity index (χ4v) is 0.706. The SMILES string of the molecule is CC(O)CC(N)C(O)C(=O)O. The van der Waals surface area contributed by atoms with Gasteiger partial charge in [0.1, 0.15) is 0 Å². The average molecular weight is 163 g/mol. The minimum atomic E-state index is -1.59. The fraction of sp³-hybridized carbons (Fsp3) is 0.833. The minimum absolute atomic E-state index is 0.0769. The number of carboxylic acid groups (broad SMARTS) is 1. The molecule has 0 aliphatic heterocycles. The number of carboxylic acids is 1. The van der Waals surface area contributed by atoms with Crippen molar-refractivity contribution in [2.24, 2.45) is 5.73 Å². The first-order chi connectivity index (χ1) is 4.95. The van der Waals surface area contributed by atoms with E-state index >= 15 is 0 Å². The van der Waals surface area contributed by atoms with Crippen LogP contribution >= 0.6 is 0 Å². The molecule has 0 aromatic rings. The highest BCUT2D eigenvalue weighted by atomic mass is 16.4. The lowest BCUT2D eigenvalue weighted by atomic mass is 10.1. The van der Waals surface area contributed by atoms with Gasteiger partial charge in [0.25, 0.3) is 0 Å². The van der Waals surface area contributed by atoms with Crippen molar-refractivity contribution in [1.29, 1.82) is 0 Å². The van der Waals surface area contributed by atoms with Gasteiger partial charge >= 0.3 is 5.97 Å². The van der Waals surface area contributed by atoms with Gasteiger partial charge in [-0.3, -0.25) is 0 Å². The highest BCUT2D eigenvalue weighted by Gasteiger charge is 2.22. The van der Waals surface area contributed by atoms with Gasteiger partial charge in [-0.15, -0.1) is 0 Å². The Morgan fingerprint density at radius 1 is 1.55 bits per heavy atom. The van der Waals surface area contributed by atoms with E-state index in [1.165, 1.54) is 6.92 Å². The van der Waals surface area contributed by atoms with E-state index in [4.69, 9.17) is 21.1 Å². The standard InChI is InChI=1S/C6H13NO4/c1-3(8)2-4(7)5(9)6(10)11/h3-5,8-9H,2,7H2,1H3,(H,10,11). The van der Waals surface area contributed by atoms with Crippen LogP contribution in [0.5, 0.6) is 0 Å². The van der Waals surface area contributed by atoms with E-state index in [-0.39, 0.29) is 6.42 Å². The first kappa shape index (κ1) is 10.3. The molecule has 11 heavy (non-hydrogen) atoms. The molecule has 0 spiro atoms. The van der Waals surface area contributed by atoms with Crippen molar-refractivity contribution >= 4 is 5.97 Å². The molecule has 5 heteroatoms. The second-order valence-electron chi connectivity index (χ2n) is 2.53. The molecule has 0 fully saturated rings. The van der Waals surface area contributed by atoms with Crippen molar-refractivity contribution in [3.8, 4) is 0 Å². The Morgan fingerprint density at radius 3 is 2.27 bits per heavy atom. The Balaban J connectivity index is 3.82. The van der Waals surface area contributed by atoms with Crippen LogP contribution in [0.3, 0.4) is 0 Å². The summed E-state index contributed by atoms with van der Waals surface area (Å²) >= 11 is 0. The topological polar surface area (TPSA) is 104 Å². The van der Waals surface area contributed by atoms with E-state index < -0.39 is 24.2 Å². The van der Waals surface area contributed by atoms with Crippen LogP contribution in [-0.2, 0) is 4.79 Å². The third-order valence-electron chi connectivity index (χ3n) is 1.27. The van der Waals surface area contributed by atoms with Gasteiger partial charge in [-0.2, -0.15) is 0 Å². The summed E-state index contributed by atoms with van der Waals surface area (Å²) in [5.74, 6) is -1.36. The molecule has 0 saturated heterocycles. The number of hydrogen-bond donors (Lipinski definition) is 4.